The molecule has 2 amide bonds. The molecular weight excluding hydrogens is 346 g/mol. The van der Waals surface area contributed by atoms with Crippen LogP contribution in [0.4, 0.5) is 10.5 Å². The van der Waals surface area contributed by atoms with Crippen molar-refractivity contribution in [2.24, 2.45) is 5.92 Å². The van der Waals surface area contributed by atoms with Crippen LogP contribution in [0.15, 0.2) is 53.5 Å². The molecule has 3 N–H and O–H groups in total. The fourth-order valence-electron chi connectivity index (χ4n) is 3.37. The van der Waals surface area contributed by atoms with Crippen molar-refractivity contribution >= 4 is 17.7 Å². The first-order chi connectivity index (χ1) is 13.0. The van der Waals surface area contributed by atoms with E-state index in [0.717, 1.165) is 5.56 Å². The standard InChI is InChI=1S/C20H23N3O4/c24-18-17(7-4-12-23(18)13-14-5-2-1-3-6-14)22-20(27)21-16-10-8-15(9-11-16)19(25)26/h1-7,12,15-16H,8-11,13H2,(H,25,26)(H2,21,22,27). The Labute approximate surface area is 157 Å². The highest BCUT2D eigenvalue weighted by atomic mass is 16.4. The predicted molar refractivity (Wildman–Crippen MR) is 102 cm³/mol. The van der Waals surface area contributed by atoms with Crippen LogP contribution in [0.5, 0.6) is 0 Å². The van der Waals surface area contributed by atoms with E-state index in [2.05, 4.69) is 10.6 Å². The zero-order valence-corrected chi connectivity index (χ0v) is 14.9. The van der Waals surface area contributed by atoms with Gasteiger partial charge in [0.05, 0.1) is 12.5 Å². The van der Waals surface area contributed by atoms with Crippen molar-refractivity contribution in [1.82, 2.24) is 9.88 Å². The number of rotatable bonds is 5. The second-order valence-corrected chi connectivity index (χ2v) is 6.83. The number of nitrogens with zero attached hydrogens (tertiary/aromatic N) is 1. The summed E-state index contributed by atoms with van der Waals surface area (Å²) in [6, 6.07) is 12.4. The Morgan fingerprint density at radius 3 is 2.41 bits per heavy atom. The molecule has 1 saturated carbocycles. The molecule has 1 fully saturated rings. The molecule has 7 heteroatoms. The Morgan fingerprint density at radius 1 is 1.04 bits per heavy atom. The van der Waals surface area contributed by atoms with E-state index in [4.69, 9.17) is 5.11 Å². The normalized spacial score (nSPS) is 19.3. The van der Waals surface area contributed by atoms with Crippen molar-refractivity contribution < 1.29 is 14.7 Å². The molecule has 0 bridgehead atoms. The monoisotopic (exact) mass is 369 g/mol. The Balaban J connectivity index is 1.59. The Bertz CT molecular complexity index is 855. The number of carboxylic acid groups (broad SMARTS) is 1. The van der Waals surface area contributed by atoms with Gasteiger partial charge in [0.1, 0.15) is 5.69 Å². The Morgan fingerprint density at radius 2 is 1.74 bits per heavy atom. The van der Waals surface area contributed by atoms with E-state index < -0.39 is 12.0 Å². The van der Waals surface area contributed by atoms with E-state index in [1.165, 1.54) is 0 Å². The molecule has 0 radical (unpaired) electrons. The van der Waals surface area contributed by atoms with Crippen molar-refractivity contribution in [3.05, 3.63) is 64.6 Å². The topological polar surface area (TPSA) is 100 Å². The molecule has 3 rings (SSSR count). The lowest BCUT2D eigenvalue weighted by atomic mass is 9.86. The van der Waals surface area contributed by atoms with Crippen LogP contribution in [-0.4, -0.2) is 27.7 Å². The summed E-state index contributed by atoms with van der Waals surface area (Å²) in [5.74, 6) is -1.11. The number of aliphatic carboxylic acids is 1. The average molecular weight is 369 g/mol. The first kappa shape index (κ1) is 18.7. The molecule has 1 aliphatic rings. The maximum absolute atomic E-state index is 12.6. The van der Waals surface area contributed by atoms with Crippen LogP contribution < -0.4 is 16.2 Å². The minimum absolute atomic E-state index is 0.0733. The highest BCUT2D eigenvalue weighted by Gasteiger charge is 2.26. The van der Waals surface area contributed by atoms with Crippen LogP contribution in [0.25, 0.3) is 0 Å². The van der Waals surface area contributed by atoms with Gasteiger partial charge >= 0.3 is 12.0 Å². The van der Waals surface area contributed by atoms with E-state index in [-0.39, 0.29) is 23.2 Å². The highest BCUT2D eigenvalue weighted by Crippen LogP contribution is 2.24. The number of carbonyl (C=O) groups excluding carboxylic acids is 1. The first-order valence-electron chi connectivity index (χ1n) is 9.06. The van der Waals surface area contributed by atoms with E-state index in [0.29, 0.717) is 32.2 Å². The molecule has 7 nitrogen and oxygen atoms in total. The third-order valence-corrected chi connectivity index (χ3v) is 4.88. The minimum Gasteiger partial charge on any atom is -0.481 e. The molecule has 0 unspecified atom stereocenters. The van der Waals surface area contributed by atoms with Gasteiger partial charge in [-0.15, -0.1) is 0 Å². The van der Waals surface area contributed by atoms with Gasteiger partial charge in [-0.3, -0.25) is 9.59 Å². The summed E-state index contributed by atoms with van der Waals surface area (Å²) >= 11 is 0. The maximum Gasteiger partial charge on any atom is 0.319 e. The molecule has 142 valence electrons. The largest absolute Gasteiger partial charge is 0.481 e. The van der Waals surface area contributed by atoms with Crippen molar-refractivity contribution in [3.63, 3.8) is 0 Å². The van der Waals surface area contributed by atoms with Crippen LogP contribution in [0, 0.1) is 5.92 Å². The lowest BCUT2D eigenvalue weighted by Crippen LogP contribution is -2.42. The second-order valence-electron chi connectivity index (χ2n) is 6.83. The van der Waals surface area contributed by atoms with E-state index in [1.54, 1.807) is 22.9 Å². The van der Waals surface area contributed by atoms with Crippen molar-refractivity contribution in [2.75, 3.05) is 5.32 Å². The molecule has 1 aromatic carbocycles. The summed E-state index contributed by atoms with van der Waals surface area (Å²) < 4.78 is 1.54. The quantitative estimate of drug-likeness (QED) is 0.754. The fourth-order valence-corrected chi connectivity index (χ4v) is 3.37. The molecular formula is C20H23N3O4. The third-order valence-electron chi connectivity index (χ3n) is 4.88. The van der Waals surface area contributed by atoms with Crippen LogP contribution in [-0.2, 0) is 11.3 Å². The zero-order valence-electron chi connectivity index (χ0n) is 14.9. The molecule has 1 heterocycles. The first-order valence-corrected chi connectivity index (χ1v) is 9.06. The molecule has 0 saturated heterocycles. The minimum atomic E-state index is -0.777. The van der Waals surface area contributed by atoms with Gasteiger partial charge in [0.25, 0.3) is 5.56 Å². The predicted octanol–water partition coefficient (Wildman–Crippen LogP) is 2.66. The number of pyridine rings is 1. The second kappa shape index (κ2) is 8.53. The van der Waals surface area contributed by atoms with Gasteiger partial charge in [0.2, 0.25) is 0 Å². The molecule has 0 spiro atoms. The fraction of sp³-hybridized carbons (Fsp3) is 0.350. The number of aromatic nitrogens is 1. The molecule has 0 atom stereocenters. The van der Waals surface area contributed by atoms with Crippen molar-refractivity contribution in [1.29, 1.82) is 0 Å². The maximum atomic E-state index is 12.6. The molecule has 27 heavy (non-hydrogen) atoms. The van der Waals surface area contributed by atoms with Crippen molar-refractivity contribution in [2.45, 2.75) is 38.3 Å². The van der Waals surface area contributed by atoms with Crippen LogP contribution in [0.2, 0.25) is 0 Å². The number of hydrogen-bond donors (Lipinski definition) is 3. The number of nitrogens with one attached hydrogen (secondary N) is 2. The summed E-state index contributed by atoms with van der Waals surface area (Å²) in [5, 5.41) is 14.5. The van der Waals surface area contributed by atoms with Crippen LogP contribution in [0.3, 0.4) is 0 Å². The number of carbonyl (C=O) groups is 2. The molecule has 1 aliphatic carbocycles. The highest BCUT2D eigenvalue weighted by molar-refractivity contribution is 5.89. The van der Waals surface area contributed by atoms with Gasteiger partial charge in [-0.2, -0.15) is 0 Å². The van der Waals surface area contributed by atoms with Crippen molar-refractivity contribution in [3.8, 4) is 0 Å². The van der Waals surface area contributed by atoms with Crippen LogP contribution in [0.1, 0.15) is 31.2 Å². The van der Waals surface area contributed by atoms with Gasteiger partial charge in [0, 0.05) is 12.2 Å². The number of urea groups is 1. The number of amides is 2. The summed E-state index contributed by atoms with van der Waals surface area (Å²) in [7, 11) is 0. The van der Waals surface area contributed by atoms with Gasteiger partial charge < -0.3 is 20.3 Å². The molecule has 2 aromatic rings. The summed E-state index contributed by atoms with van der Waals surface area (Å²) in [6.07, 6.45) is 4.03. The summed E-state index contributed by atoms with van der Waals surface area (Å²) in [5.41, 5.74) is 0.938. The summed E-state index contributed by atoms with van der Waals surface area (Å²) in [4.78, 5) is 35.8. The van der Waals surface area contributed by atoms with E-state index in [1.807, 2.05) is 30.3 Å². The number of anilines is 1. The van der Waals surface area contributed by atoms with E-state index in [9.17, 15) is 14.4 Å². The Hall–Kier alpha value is -3.09. The smallest absolute Gasteiger partial charge is 0.319 e. The van der Waals surface area contributed by atoms with Crippen LogP contribution >= 0.6 is 0 Å². The number of carboxylic acids is 1. The van der Waals surface area contributed by atoms with Gasteiger partial charge in [-0.25, -0.2) is 4.79 Å². The van der Waals surface area contributed by atoms with Gasteiger partial charge in [0.15, 0.2) is 0 Å². The number of benzene rings is 1. The molecule has 0 aliphatic heterocycles. The van der Waals surface area contributed by atoms with E-state index >= 15 is 0 Å². The SMILES string of the molecule is O=C(Nc1cccn(Cc2ccccc2)c1=O)NC1CCC(C(=O)O)CC1. The molecule has 1 aromatic heterocycles. The summed E-state index contributed by atoms with van der Waals surface area (Å²) in [6.45, 7) is 0.427. The van der Waals surface area contributed by atoms with Gasteiger partial charge in [-0.05, 0) is 43.4 Å². The lowest BCUT2D eigenvalue weighted by molar-refractivity contribution is -0.142. The third kappa shape index (κ3) is 4.97. The average Bonchev–Trinajstić information content (AvgIpc) is 2.66. The van der Waals surface area contributed by atoms with Gasteiger partial charge in [-0.1, -0.05) is 30.3 Å². The Kier molecular flexibility index (Phi) is 5.90. The number of hydrogen-bond acceptors (Lipinski definition) is 3. The zero-order chi connectivity index (χ0) is 19.2. The lowest BCUT2D eigenvalue weighted by Gasteiger charge is -2.26.